The number of amides is 3. The van der Waals surface area contributed by atoms with Crippen LogP contribution < -0.4 is 15.5 Å². The Kier molecular flexibility index (Phi) is 7.17. The molecule has 35 heavy (non-hydrogen) atoms. The van der Waals surface area contributed by atoms with Crippen molar-refractivity contribution >= 4 is 69.6 Å². The van der Waals surface area contributed by atoms with Gasteiger partial charge in [-0.15, -0.1) is 0 Å². The fourth-order valence-corrected chi connectivity index (χ4v) is 4.27. The molecule has 3 aromatic rings. The standard InChI is InChI=1S/C26H20Cl3N3O3/c1-14-12-17(27)8-11-20(14)31-22(33)13-16-6-9-18(10-7-16)30-24-23(29)25(34)32(26(24)35)21-5-3-4-19(28)15(21)2/h3-12,30H,13H2,1-2H3,(H,31,33). The average Bonchev–Trinajstić information content (AvgIpc) is 3.02. The zero-order valence-corrected chi connectivity index (χ0v) is 21.1. The Labute approximate surface area is 217 Å². The van der Waals surface area contributed by atoms with Gasteiger partial charge in [-0.05, 0) is 73.0 Å². The lowest BCUT2D eigenvalue weighted by atomic mass is 10.1. The van der Waals surface area contributed by atoms with Crippen molar-refractivity contribution in [3.63, 3.8) is 0 Å². The van der Waals surface area contributed by atoms with Crippen LogP contribution in [0.5, 0.6) is 0 Å². The van der Waals surface area contributed by atoms with Gasteiger partial charge in [0.05, 0.1) is 12.1 Å². The van der Waals surface area contributed by atoms with Crippen molar-refractivity contribution in [3.05, 3.63) is 98.1 Å². The lowest BCUT2D eigenvalue weighted by Gasteiger charge is -2.18. The molecule has 0 bridgehead atoms. The lowest BCUT2D eigenvalue weighted by molar-refractivity contribution is -0.120. The van der Waals surface area contributed by atoms with Crippen molar-refractivity contribution < 1.29 is 14.4 Å². The molecule has 4 rings (SSSR count). The van der Waals surface area contributed by atoms with Crippen molar-refractivity contribution in [2.24, 2.45) is 0 Å². The SMILES string of the molecule is Cc1cc(Cl)ccc1NC(=O)Cc1ccc(NC2=C(Cl)C(=O)N(c3cccc(Cl)c3C)C2=O)cc1. The molecule has 0 saturated heterocycles. The molecule has 0 atom stereocenters. The van der Waals surface area contributed by atoms with Gasteiger partial charge in [0.25, 0.3) is 11.8 Å². The van der Waals surface area contributed by atoms with Crippen LogP contribution in [0.2, 0.25) is 10.0 Å². The second kappa shape index (κ2) is 10.1. The van der Waals surface area contributed by atoms with Gasteiger partial charge in [-0.2, -0.15) is 0 Å². The second-order valence-corrected chi connectivity index (χ2v) is 9.25. The Morgan fingerprint density at radius 1 is 0.914 bits per heavy atom. The van der Waals surface area contributed by atoms with E-state index in [1.54, 1.807) is 67.6 Å². The van der Waals surface area contributed by atoms with Gasteiger partial charge < -0.3 is 10.6 Å². The van der Waals surface area contributed by atoms with Crippen LogP contribution in [0.1, 0.15) is 16.7 Å². The molecule has 0 radical (unpaired) electrons. The second-order valence-electron chi connectivity index (χ2n) is 8.02. The quantitative estimate of drug-likeness (QED) is 0.372. The predicted molar refractivity (Wildman–Crippen MR) is 140 cm³/mol. The van der Waals surface area contributed by atoms with Crippen LogP contribution in [0.25, 0.3) is 0 Å². The maximum atomic E-state index is 13.0. The molecule has 9 heteroatoms. The Morgan fingerprint density at radius 2 is 1.63 bits per heavy atom. The van der Waals surface area contributed by atoms with E-state index in [4.69, 9.17) is 34.8 Å². The number of aryl methyl sites for hydroxylation is 1. The number of nitrogens with zero attached hydrogens (tertiary/aromatic N) is 1. The first-order chi connectivity index (χ1) is 16.7. The van der Waals surface area contributed by atoms with Crippen LogP contribution in [-0.2, 0) is 20.8 Å². The van der Waals surface area contributed by atoms with Crippen LogP contribution in [-0.4, -0.2) is 17.7 Å². The van der Waals surface area contributed by atoms with Crippen LogP contribution in [0, 0.1) is 13.8 Å². The predicted octanol–water partition coefficient (Wildman–Crippen LogP) is 6.23. The summed E-state index contributed by atoms with van der Waals surface area (Å²) in [6.45, 7) is 3.59. The highest BCUT2D eigenvalue weighted by atomic mass is 35.5. The van der Waals surface area contributed by atoms with E-state index in [1.165, 1.54) is 0 Å². The van der Waals surface area contributed by atoms with Gasteiger partial charge in [-0.3, -0.25) is 14.4 Å². The minimum atomic E-state index is -0.629. The molecule has 0 unspecified atom stereocenters. The summed E-state index contributed by atoms with van der Waals surface area (Å²) < 4.78 is 0. The van der Waals surface area contributed by atoms with E-state index in [1.807, 2.05) is 6.92 Å². The number of rotatable bonds is 6. The number of carbonyl (C=O) groups excluding carboxylic acids is 3. The molecule has 6 nitrogen and oxygen atoms in total. The molecule has 3 amide bonds. The Morgan fingerprint density at radius 3 is 2.31 bits per heavy atom. The zero-order valence-electron chi connectivity index (χ0n) is 18.8. The largest absolute Gasteiger partial charge is 0.350 e. The summed E-state index contributed by atoms with van der Waals surface area (Å²) in [5, 5.41) is 6.63. The summed E-state index contributed by atoms with van der Waals surface area (Å²) in [6.07, 6.45) is 0.158. The van der Waals surface area contributed by atoms with E-state index in [0.29, 0.717) is 32.7 Å². The van der Waals surface area contributed by atoms with Crippen LogP contribution in [0.15, 0.2) is 71.4 Å². The smallest absolute Gasteiger partial charge is 0.283 e. The van der Waals surface area contributed by atoms with Crippen molar-refractivity contribution in [2.45, 2.75) is 20.3 Å². The summed E-state index contributed by atoms with van der Waals surface area (Å²) in [7, 11) is 0. The average molecular weight is 529 g/mol. The van der Waals surface area contributed by atoms with Gasteiger partial charge >= 0.3 is 0 Å². The van der Waals surface area contributed by atoms with E-state index in [0.717, 1.165) is 16.0 Å². The highest BCUT2D eigenvalue weighted by molar-refractivity contribution is 6.53. The van der Waals surface area contributed by atoms with Crippen LogP contribution >= 0.6 is 34.8 Å². The first kappa shape index (κ1) is 24.8. The molecule has 0 saturated carbocycles. The van der Waals surface area contributed by atoms with Crippen LogP contribution in [0.4, 0.5) is 17.1 Å². The molecule has 0 aromatic heterocycles. The molecule has 1 aliphatic rings. The van der Waals surface area contributed by atoms with Crippen LogP contribution in [0.3, 0.4) is 0 Å². The minimum absolute atomic E-state index is 0.0280. The first-order valence-electron chi connectivity index (χ1n) is 10.6. The summed E-state index contributed by atoms with van der Waals surface area (Å²) >= 11 is 18.3. The molecule has 178 valence electrons. The molecule has 0 spiro atoms. The summed E-state index contributed by atoms with van der Waals surface area (Å²) in [6, 6.07) is 17.2. The molecule has 1 aliphatic heterocycles. The highest BCUT2D eigenvalue weighted by Crippen LogP contribution is 2.34. The Hall–Kier alpha value is -3.32. The molecule has 1 heterocycles. The fourth-order valence-electron chi connectivity index (χ4n) is 3.67. The molecule has 3 aromatic carbocycles. The number of hydrogen-bond acceptors (Lipinski definition) is 4. The molecule has 2 N–H and O–H groups in total. The summed E-state index contributed by atoms with van der Waals surface area (Å²) in [5.74, 6) is -1.38. The van der Waals surface area contributed by atoms with Gasteiger partial charge in [0, 0.05) is 21.4 Å². The van der Waals surface area contributed by atoms with Crippen molar-refractivity contribution in [3.8, 4) is 0 Å². The van der Waals surface area contributed by atoms with Crippen molar-refractivity contribution in [1.29, 1.82) is 0 Å². The van der Waals surface area contributed by atoms with Gasteiger partial charge in [0.1, 0.15) is 10.7 Å². The Balaban J connectivity index is 1.44. The first-order valence-corrected chi connectivity index (χ1v) is 11.7. The number of benzene rings is 3. The van der Waals surface area contributed by atoms with Gasteiger partial charge in [0.2, 0.25) is 5.91 Å². The van der Waals surface area contributed by atoms with Gasteiger partial charge in [-0.25, -0.2) is 4.90 Å². The third-order valence-corrected chi connectivity index (χ3v) is 6.55. The molecular weight excluding hydrogens is 509 g/mol. The highest BCUT2D eigenvalue weighted by Gasteiger charge is 2.39. The zero-order chi connectivity index (χ0) is 25.3. The van der Waals surface area contributed by atoms with E-state index in [-0.39, 0.29) is 23.1 Å². The van der Waals surface area contributed by atoms with E-state index >= 15 is 0 Å². The monoisotopic (exact) mass is 527 g/mol. The number of imide groups is 1. The fraction of sp³-hybridized carbons (Fsp3) is 0.115. The topological polar surface area (TPSA) is 78.5 Å². The number of hydrogen-bond donors (Lipinski definition) is 2. The number of halogens is 3. The van der Waals surface area contributed by atoms with Crippen molar-refractivity contribution in [1.82, 2.24) is 0 Å². The van der Waals surface area contributed by atoms with E-state index in [2.05, 4.69) is 10.6 Å². The van der Waals surface area contributed by atoms with E-state index in [9.17, 15) is 14.4 Å². The van der Waals surface area contributed by atoms with E-state index < -0.39 is 11.8 Å². The van der Waals surface area contributed by atoms with Crippen molar-refractivity contribution in [2.75, 3.05) is 15.5 Å². The molecule has 0 aliphatic carbocycles. The normalized spacial score (nSPS) is 13.5. The Bertz CT molecular complexity index is 1380. The maximum absolute atomic E-state index is 13.0. The third-order valence-electron chi connectivity index (χ3n) is 5.56. The minimum Gasteiger partial charge on any atom is -0.350 e. The maximum Gasteiger partial charge on any atom is 0.283 e. The summed E-state index contributed by atoms with van der Waals surface area (Å²) in [4.78, 5) is 39.2. The molecule has 0 fully saturated rings. The third kappa shape index (κ3) is 5.20. The van der Waals surface area contributed by atoms with Gasteiger partial charge in [-0.1, -0.05) is 53.0 Å². The molecular formula is C26H20Cl3N3O3. The summed E-state index contributed by atoms with van der Waals surface area (Å²) in [5.41, 5.74) is 3.82. The number of carbonyl (C=O) groups is 3. The van der Waals surface area contributed by atoms with Gasteiger partial charge in [0.15, 0.2) is 0 Å². The lowest BCUT2D eigenvalue weighted by Crippen LogP contribution is -2.32. The number of anilines is 3. The number of nitrogens with one attached hydrogen (secondary N) is 2.